The highest BCUT2D eigenvalue weighted by Crippen LogP contribution is 2.35. The van der Waals surface area contributed by atoms with E-state index in [4.69, 9.17) is 16.1 Å². The Hall–Kier alpha value is -0.740. The van der Waals surface area contributed by atoms with Crippen LogP contribution in [0, 0.1) is 0 Å². The van der Waals surface area contributed by atoms with Crippen LogP contribution in [0.25, 0.3) is 0 Å². The Morgan fingerprint density at radius 2 is 2.08 bits per heavy atom. The molecule has 1 nitrogen and oxygen atoms in total. The summed E-state index contributed by atoms with van der Waals surface area (Å²) in [6.07, 6.45) is 0. The van der Waals surface area contributed by atoms with Gasteiger partial charge >= 0.3 is 0 Å². The van der Waals surface area contributed by atoms with Gasteiger partial charge in [0.15, 0.2) is 0 Å². The smallest absolute Gasteiger partial charge is 0.123 e. The van der Waals surface area contributed by atoms with Crippen molar-refractivity contribution in [1.82, 2.24) is 0 Å². The van der Waals surface area contributed by atoms with Gasteiger partial charge in [0.05, 0.1) is 0 Å². The Morgan fingerprint density at radius 1 is 1.46 bits per heavy atom. The van der Waals surface area contributed by atoms with Crippen molar-refractivity contribution >= 4 is 19.7 Å². The van der Waals surface area contributed by atoms with Gasteiger partial charge in [-0.1, -0.05) is 18.2 Å². The molecular weight excluding hydrogens is 203 g/mol. The van der Waals surface area contributed by atoms with E-state index in [0.717, 1.165) is 5.75 Å². The molecule has 1 unspecified atom stereocenters. The van der Waals surface area contributed by atoms with E-state index < -0.39 is 8.15 Å². The van der Waals surface area contributed by atoms with Crippen molar-refractivity contribution in [2.75, 3.05) is 6.66 Å². The number of hydrogen-bond acceptors (Lipinski definition) is 1. The summed E-state index contributed by atoms with van der Waals surface area (Å²) >= 11 is 5.73. The third-order valence-corrected chi connectivity index (χ3v) is 2.63. The monoisotopic (exact) mass is 212 g/mol. The summed E-state index contributed by atoms with van der Waals surface area (Å²) < 4.78 is 5.56. The Kier molecular flexibility index (Phi) is 4.05. The Bertz CT molecular complexity index is 314. The van der Waals surface area contributed by atoms with Crippen LogP contribution in [0.5, 0.6) is 5.75 Å². The van der Waals surface area contributed by atoms with Gasteiger partial charge in [-0.25, -0.2) is 0 Å². The van der Waals surface area contributed by atoms with Crippen molar-refractivity contribution in [3.05, 3.63) is 47.4 Å². The van der Waals surface area contributed by atoms with Gasteiger partial charge in [-0.3, -0.25) is 0 Å². The van der Waals surface area contributed by atoms with Crippen LogP contribution in [-0.2, 0) is 0 Å². The van der Waals surface area contributed by atoms with E-state index in [9.17, 15) is 0 Å². The molecule has 68 valence electrons. The molecule has 13 heavy (non-hydrogen) atoms. The lowest BCUT2D eigenvalue weighted by Gasteiger charge is -2.08. The van der Waals surface area contributed by atoms with E-state index in [0.29, 0.717) is 5.02 Å². The molecule has 1 atom stereocenters. The van der Waals surface area contributed by atoms with Crippen molar-refractivity contribution in [2.45, 2.75) is 0 Å². The van der Waals surface area contributed by atoms with Crippen molar-refractivity contribution < 1.29 is 4.52 Å². The molecule has 1 aromatic rings. The van der Waals surface area contributed by atoms with Gasteiger partial charge in [0.25, 0.3) is 0 Å². The molecule has 0 aliphatic rings. The zero-order valence-electron chi connectivity index (χ0n) is 7.33. The molecule has 0 saturated carbocycles. The fourth-order valence-corrected chi connectivity index (χ4v) is 1.71. The van der Waals surface area contributed by atoms with Crippen LogP contribution in [-0.4, -0.2) is 6.66 Å². The highest BCUT2D eigenvalue weighted by molar-refractivity contribution is 7.55. The summed E-state index contributed by atoms with van der Waals surface area (Å²) in [6, 6.07) is 7.30. The summed E-state index contributed by atoms with van der Waals surface area (Å²) in [4.78, 5) is 0. The van der Waals surface area contributed by atoms with Crippen molar-refractivity contribution in [2.24, 2.45) is 0 Å². The second-order valence-electron chi connectivity index (χ2n) is 2.42. The Morgan fingerprint density at radius 3 is 2.62 bits per heavy atom. The predicted molar refractivity (Wildman–Crippen MR) is 58.6 cm³/mol. The normalized spacial score (nSPS) is 11.5. The van der Waals surface area contributed by atoms with Gasteiger partial charge in [0, 0.05) is 10.8 Å². The van der Waals surface area contributed by atoms with Crippen molar-refractivity contribution in [1.29, 1.82) is 0 Å². The van der Waals surface area contributed by atoms with Gasteiger partial charge in [-0.2, -0.15) is 0 Å². The quantitative estimate of drug-likeness (QED) is 0.543. The molecule has 1 rings (SSSR count). The minimum atomic E-state index is -0.608. The van der Waals surface area contributed by atoms with Crippen LogP contribution in [0.2, 0.25) is 5.02 Å². The number of halogens is 1. The van der Waals surface area contributed by atoms with E-state index in [-0.39, 0.29) is 0 Å². The molecule has 0 amide bonds. The lowest BCUT2D eigenvalue weighted by Crippen LogP contribution is -1.81. The van der Waals surface area contributed by atoms with E-state index in [1.807, 2.05) is 24.6 Å². The van der Waals surface area contributed by atoms with Crippen LogP contribution in [0.3, 0.4) is 0 Å². The largest absolute Gasteiger partial charge is 0.470 e. The first-order chi connectivity index (χ1) is 6.22. The lowest BCUT2D eigenvalue weighted by molar-refractivity contribution is 0.626. The van der Waals surface area contributed by atoms with E-state index >= 15 is 0 Å². The molecule has 0 bridgehead atoms. The molecule has 0 aromatic heterocycles. The zero-order chi connectivity index (χ0) is 9.68. The fraction of sp³-hybridized carbons (Fsp3) is 0.100. The maximum Gasteiger partial charge on any atom is 0.123 e. The average molecular weight is 213 g/mol. The SMILES string of the molecule is C=C=CP(C)Oc1ccc(Cl)cc1. The van der Waals surface area contributed by atoms with Gasteiger partial charge in [0.2, 0.25) is 0 Å². The minimum absolute atomic E-state index is 0.608. The fourth-order valence-electron chi connectivity index (χ4n) is 0.817. The summed E-state index contributed by atoms with van der Waals surface area (Å²) in [6.45, 7) is 5.48. The second kappa shape index (κ2) is 5.09. The second-order valence-corrected chi connectivity index (χ2v) is 4.39. The standard InChI is InChI=1S/C10H10ClOP/c1-3-8-13(2)12-10-6-4-9(11)5-7-10/h4-8H,1H2,2H3. The molecule has 3 heteroatoms. The number of benzene rings is 1. The topological polar surface area (TPSA) is 9.23 Å². The molecule has 0 fully saturated rings. The summed E-state index contributed by atoms with van der Waals surface area (Å²) in [5.74, 6) is 2.65. The Labute approximate surface area is 84.5 Å². The molecular formula is C10H10ClOP. The van der Waals surface area contributed by atoms with Gasteiger partial charge in [0.1, 0.15) is 13.9 Å². The van der Waals surface area contributed by atoms with Crippen LogP contribution in [0.15, 0.2) is 42.4 Å². The van der Waals surface area contributed by atoms with Gasteiger partial charge in [-0.15, -0.1) is 5.73 Å². The molecule has 0 N–H and O–H groups in total. The maximum atomic E-state index is 5.73. The third kappa shape index (κ3) is 3.65. The van der Waals surface area contributed by atoms with Crippen LogP contribution in [0.4, 0.5) is 0 Å². The maximum absolute atomic E-state index is 5.73. The first-order valence-corrected chi connectivity index (χ1v) is 5.90. The highest BCUT2D eigenvalue weighted by Gasteiger charge is 1.98. The zero-order valence-corrected chi connectivity index (χ0v) is 8.98. The predicted octanol–water partition coefficient (Wildman–Crippen LogP) is 4.04. The Balaban J connectivity index is 2.64. The van der Waals surface area contributed by atoms with Crippen LogP contribution in [0.1, 0.15) is 0 Å². The summed E-state index contributed by atoms with van der Waals surface area (Å²) in [5.41, 5.74) is 2.70. The molecule has 0 aliphatic carbocycles. The van der Waals surface area contributed by atoms with Crippen LogP contribution < -0.4 is 4.52 Å². The van der Waals surface area contributed by atoms with Gasteiger partial charge in [-0.05, 0) is 30.9 Å². The molecule has 0 aliphatic heterocycles. The first kappa shape index (κ1) is 10.3. The minimum Gasteiger partial charge on any atom is -0.470 e. The van der Waals surface area contributed by atoms with E-state index in [1.165, 1.54) is 0 Å². The van der Waals surface area contributed by atoms with E-state index in [2.05, 4.69) is 12.3 Å². The first-order valence-electron chi connectivity index (χ1n) is 3.74. The average Bonchev–Trinajstić information content (AvgIpc) is 2.09. The summed E-state index contributed by atoms with van der Waals surface area (Å²) in [7, 11) is -0.608. The molecule has 0 radical (unpaired) electrons. The molecule has 0 saturated heterocycles. The van der Waals surface area contributed by atoms with Crippen molar-refractivity contribution in [3.63, 3.8) is 0 Å². The number of rotatable bonds is 3. The van der Waals surface area contributed by atoms with Crippen molar-refractivity contribution in [3.8, 4) is 5.75 Å². The highest BCUT2D eigenvalue weighted by atomic mass is 35.5. The summed E-state index contributed by atoms with van der Waals surface area (Å²) in [5, 5.41) is 0.715. The number of hydrogen-bond donors (Lipinski definition) is 0. The van der Waals surface area contributed by atoms with E-state index in [1.54, 1.807) is 12.1 Å². The van der Waals surface area contributed by atoms with Gasteiger partial charge < -0.3 is 4.52 Å². The molecule has 0 spiro atoms. The molecule has 0 heterocycles. The lowest BCUT2D eigenvalue weighted by atomic mass is 10.3. The van der Waals surface area contributed by atoms with Crippen LogP contribution >= 0.6 is 19.7 Å². The third-order valence-electron chi connectivity index (χ3n) is 1.34. The molecule has 1 aromatic carbocycles.